The first-order chi connectivity index (χ1) is 8.41. The van der Waals surface area contributed by atoms with Crippen molar-refractivity contribution >= 4 is 11.8 Å². The molecule has 1 radical (unpaired) electrons. The fourth-order valence-corrected chi connectivity index (χ4v) is 2.68. The molecule has 103 valence electrons. The summed E-state index contributed by atoms with van der Waals surface area (Å²) in [5.74, 6) is 1.35. The van der Waals surface area contributed by atoms with Gasteiger partial charge in [-0.15, -0.1) is 0 Å². The molecule has 0 bridgehead atoms. The van der Waals surface area contributed by atoms with Crippen molar-refractivity contribution in [3.05, 3.63) is 6.92 Å². The molecule has 17 heavy (non-hydrogen) atoms. The van der Waals surface area contributed by atoms with Crippen LogP contribution in [0.25, 0.3) is 0 Å². The molecule has 1 heteroatoms. The van der Waals surface area contributed by atoms with Gasteiger partial charge in [-0.2, -0.15) is 11.8 Å². The van der Waals surface area contributed by atoms with Crippen LogP contribution in [0.3, 0.4) is 0 Å². The Morgan fingerprint density at radius 3 is 1.29 bits per heavy atom. The third-order valence-electron chi connectivity index (χ3n) is 3.35. The van der Waals surface area contributed by atoms with E-state index in [1.165, 1.54) is 82.8 Å². The van der Waals surface area contributed by atoms with Crippen molar-refractivity contribution in [2.45, 2.75) is 83.5 Å². The summed E-state index contributed by atoms with van der Waals surface area (Å²) in [6.07, 6.45) is 20.6. The fraction of sp³-hybridized carbons (Fsp3) is 0.938. The Morgan fingerprint density at radius 1 is 0.588 bits per heavy atom. The molecular weight excluding hydrogens is 224 g/mol. The molecule has 0 aromatic carbocycles. The minimum atomic E-state index is 1.12. The maximum absolute atomic E-state index is 3.88. The zero-order chi connectivity index (χ0) is 12.6. The number of unbranched alkanes of at least 4 members (excludes halogenated alkanes) is 12. The lowest BCUT2D eigenvalue weighted by atomic mass is 10.1. The standard InChI is InChI=1S/C16H33S/c1-3-4-5-6-7-8-9-10-11-12-13-14-15-16-17-2/h1,3-16H2,2H3. The Labute approximate surface area is 114 Å². The average Bonchev–Trinajstić information content (AvgIpc) is 2.35. The van der Waals surface area contributed by atoms with Gasteiger partial charge < -0.3 is 0 Å². The summed E-state index contributed by atoms with van der Waals surface area (Å²) < 4.78 is 0. The highest BCUT2D eigenvalue weighted by Crippen LogP contribution is 2.12. The van der Waals surface area contributed by atoms with Crippen LogP contribution in [-0.4, -0.2) is 12.0 Å². The predicted molar refractivity (Wildman–Crippen MR) is 83.8 cm³/mol. The van der Waals surface area contributed by atoms with E-state index in [0.717, 1.165) is 6.42 Å². The minimum absolute atomic E-state index is 1.12. The SMILES string of the molecule is [CH2]CCCCCCCCCCCCCCSC. The molecule has 0 N–H and O–H groups in total. The van der Waals surface area contributed by atoms with Crippen molar-refractivity contribution in [2.24, 2.45) is 0 Å². The summed E-state index contributed by atoms with van der Waals surface area (Å²) in [5, 5.41) is 0. The highest BCUT2D eigenvalue weighted by Gasteiger charge is 1.93. The van der Waals surface area contributed by atoms with Crippen LogP contribution in [0.5, 0.6) is 0 Å². The summed E-state index contributed by atoms with van der Waals surface area (Å²) in [6, 6.07) is 0. The quantitative estimate of drug-likeness (QED) is 0.331. The van der Waals surface area contributed by atoms with E-state index in [4.69, 9.17) is 0 Å². The van der Waals surface area contributed by atoms with E-state index in [9.17, 15) is 0 Å². The molecule has 0 aliphatic rings. The van der Waals surface area contributed by atoms with Crippen molar-refractivity contribution in [1.29, 1.82) is 0 Å². The molecule has 0 aliphatic carbocycles. The van der Waals surface area contributed by atoms with Gasteiger partial charge in [-0.3, -0.25) is 0 Å². The molecule has 0 nitrogen and oxygen atoms in total. The first-order valence-electron chi connectivity index (χ1n) is 7.70. The lowest BCUT2D eigenvalue weighted by Gasteiger charge is -2.02. The fourth-order valence-electron chi connectivity index (χ4n) is 2.19. The Hall–Kier alpha value is 0.350. The van der Waals surface area contributed by atoms with Crippen molar-refractivity contribution in [3.8, 4) is 0 Å². The van der Waals surface area contributed by atoms with Gasteiger partial charge in [0.25, 0.3) is 0 Å². The van der Waals surface area contributed by atoms with Gasteiger partial charge in [-0.1, -0.05) is 84.0 Å². The molecule has 0 fully saturated rings. The molecule has 0 unspecified atom stereocenters. The highest BCUT2D eigenvalue weighted by atomic mass is 32.2. The first kappa shape index (κ1) is 17.4. The molecule has 0 amide bonds. The molecule has 0 aromatic rings. The van der Waals surface area contributed by atoms with E-state index in [1.807, 2.05) is 11.8 Å². The number of hydrogen-bond donors (Lipinski definition) is 0. The molecule has 0 aromatic heterocycles. The normalized spacial score (nSPS) is 10.9. The van der Waals surface area contributed by atoms with E-state index in [0.29, 0.717) is 0 Å². The van der Waals surface area contributed by atoms with Crippen LogP contribution in [0, 0.1) is 6.92 Å². The molecule has 0 spiro atoms. The molecular formula is C16H33S. The highest BCUT2D eigenvalue weighted by molar-refractivity contribution is 7.98. The van der Waals surface area contributed by atoms with Gasteiger partial charge in [0.05, 0.1) is 0 Å². The summed E-state index contributed by atoms with van der Waals surface area (Å²) in [5.41, 5.74) is 0. The Morgan fingerprint density at radius 2 is 0.941 bits per heavy atom. The summed E-state index contributed by atoms with van der Waals surface area (Å²) in [7, 11) is 0. The third-order valence-corrected chi connectivity index (χ3v) is 4.05. The second-order valence-corrected chi connectivity index (χ2v) is 6.07. The van der Waals surface area contributed by atoms with Crippen molar-refractivity contribution in [3.63, 3.8) is 0 Å². The van der Waals surface area contributed by atoms with Gasteiger partial charge in [0, 0.05) is 0 Å². The summed E-state index contributed by atoms with van der Waals surface area (Å²) >= 11 is 1.98. The van der Waals surface area contributed by atoms with Crippen LogP contribution < -0.4 is 0 Å². The van der Waals surface area contributed by atoms with E-state index in [1.54, 1.807) is 0 Å². The maximum Gasteiger partial charge on any atom is -0.00703 e. The Bertz CT molecular complexity index is 109. The van der Waals surface area contributed by atoms with Gasteiger partial charge in [0.1, 0.15) is 0 Å². The number of rotatable bonds is 14. The second kappa shape index (κ2) is 16.4. The van der Waals surface area contributed by atoms with E-state index >= 15 is 0 Å². The molecule has 0 saturated carbocycles. The summed E-state index contributed by atoms with van der Waals surface area (Å²) in [6.45, 7) is 3.88. The molecule has 0 heterocycles. The van der Waals surface area contributed by atoms with Gasteiger partial charge in [-0.05, 0) is 18.4 Å². The van der Waals surface area contributed by atoms with Crippen molar-refractivity contribution in [2.75, 3.05) is 12.0 Å². The van der Waals surface area contributed by atoms with Crippen LogP contribution in [0.4, 0.5) is 0 Å². The van der Waals surface area contributed by atoms with Crippen LogP contribution in [0.2, 0.25) is 0 Å². The summed E-state index contributed by atoms with van der Waals surface area (Å²) in [4.78, 5) is 0. The van der Waals surface area contributed by atoms with E-state index < -0.39 is 0 Å². The number of hydrogen-bond acceptors (Lipinski definition) is 1. The zero-order valence-corrected chi connectivity index (χ0v) is 12.8. The Kier molecular flexibility index (Phi) is 16.7. The predicted octanol–water partition coefficient (Wildman–Crippen LogP) is 6.25. The largest absolute Gasteiger partial charge is 0.165 e. The monoisotopic (exact) mass is 257 g/mol. The van der Waals surface area contributed by atoms with E-state index in [-0.39, 0.29) is 0 Å². The maximum atomic E-state index is 3.88. The smallest absolute Gasteiger partial charge is 0.00703 e. The molecule has 0 rings (SSSR count). The molecule has 0 saturated heterocycles. The molecule has 0 atom stereocenters. The number of thioether (sulfide) groups is 1. The lowest BCUT2D eigenvalue weighted by molar-refractivity contribution is 0.545. The van der Waals surface area contributed by atoms with E-state index in [2.05, 4.69) is 13.2 Å². The van der Waals surface area contributed by atoms with Crippen LogP contribution in [-0.2, 0) is 0 Å². The Balaban J connectivity index is 2.85. The van der Waals surface area contributed by atoms with Crippen molar-refractivity contribution < 1.29 is 0 Å². The topological polar surface area (TPSA) is 0 Å². The van der Waals surface area contributed by atoms with Crippen LogP contribution in [0.1, 0.15) is 83.5 Å². The van der Waals surface area contributed by atoms with Crippen LogP contribution in [0.15, 0.2) is 0 Å². The minimum Gasteiger partial charge on any atom is -0.165 e. The zero-order valence-electron chi connectivity index (χ0n) is 12.0. The van der Waals surface area contributed by atoms with Gasteiger partial charge in [0.2, 0.25) is 0 Å². The van der Waals surface area contributed by atoms with Gasteiger partial charge in [0.15, 0.2) is 0 Å². The lowest BCUT2D eigenvalue weighted by Crippen LogP contribution is -1.83. The first-order valence-corrected chi connectivity index (χ1v) is 9.09. The van der Waals surface area contributed by atoms with Gasteiger partial charge >= 0.3 is 0 Å². The third kappa shape index (κ3) is 16.4. The van der Waals surface area contributed by atoms with Gasteiger partial charge in [-0.25, -0.2) is 0 Å². The van der Waals surface area contributed by atoms with Crippen molar-refractivity contribution in [1.82, 2.24) is 0 Å². The van der Waals surface area contributed by atoms with Crippen LogP contribution >= 0.6 is 11.8 Å². The second-order valence-electron chi connectivity index (χ2n) is 5.09. The molecule has 0 aliphatic heterocycles. The average molecular weight is 258 g/mol.